The van der Waals surface area contributed by atoms with Gasteiger partial charge in [-0.05, 0) is 41.7 Å². The minimum atomic E-state index is -0.0306. The molecule has 1 atom stereocenters. The summed E-state index contributed by atoms with van der Waals surface area (Å²) in [5.41, 5.74) is 1.21. The van der Waals surface area contributed by atoms with Crippen molar-refractivity contribution in [2.24, 2.45) is 5.92 Å². The molecule has 1 aromatic heterocycles. The van der Waals surface area contributed by atoms with E-state index in [9.17, 15) is 9.59 Å². The summed E-state index contributed by atoms with van der Waals surface area (Å²) < 4.78 is 0. The van der Waals surface area contributed by atoms with Crippen LogP contribution in [0.2, 0.25) is 0 Å². The molecule has 0 spiro atoms. The van der Waals surface area contributed by atoms with Crippen LogP contribution >= 0.6 is 11.3 Å². The van der Waals surface area contributed by atoms with E-state index < -0.39 is 0 Å². The zero-order valence-electron chi connectivity index (χ0n) is 10.8. The molecule has 19 heavy (non-hydrogen) atoms. The normalized spacial score (nSPS) is 22.9. The number of hydrogen-bond donors (Lipinski definition) is 1. The summed E-state index contributed by atoms with van der Waals surface area (Å²) in [6.45, 7) is 1.22. The van der Waals surface area contributed by atoms with Gasteiger partial charge in [0.1, 0.15) is 0 Å². The van der Waals surface area contributed by atoms with E-state index in [2.05, 4.69) is 16.8 Å². The maximum atomic E-state index is 12.6. The number of rotatable bonds is 4. The number of carbonyl (C=O) groups excluding carboxylic acids is 2. The van der Waals surface area contributed by atoms with Gasteiger partial charge in [0.15, 0.2) is 0 Å². The van der Waals surface area contributed by atoms with Gasteiger partial charge >= 0.3 is 0 Å². The van der Waals surface area contributed by atoms with Crippen molar-refractivity contribution in [1.82, 2.24) is 10.2 Å². The summed E-state index contributed by atoms with van der Waals surface area (Å²) in [4.78, 5) is 25.8. The Bertz CT molecular complexity index is 458. The van der Waals surface area contributed by atoms with E-state index in [0.29, 0.717) is 25.4 Å². The summed E-state index contributed by atoms with van der Waals surface area (Å²) in [5, 5.41) is 6.95. The van der Waals surface area contributed by atoms with Gasteiger partial charge in [-0.3, -0.25) is 9.59 Å². The molecule has 2 aliphatic rings. The molecule has 3 rings (SSSR count). The summed E-state index contributed by atoms with van der Waals surface area (Å²) in [6.07, 6.45) is 3.41. The zero-order valence-corrected chi connectivity index (χ0v) is 11.6. The Labute approximate surface area is 116 Å². The topological polar surface area (TPSA) is 49.4 Å². The highest BCUT2D eigenvalue weighted by atomic mass is 32.1. The molecule has 102 valence electrons. The third kappa shape index (κ3) is 2.97. The van der Waals surface area contributed by atoms with Crippen molar-refractivity contribution in [3.05, 3.63) is 22.4 Å². The molecular weight excluding hydrogens is 260 g/mol. The Kier molecular flexibility index (Phi) is 3.55. The molecule has 1 N–H and O–H groups in total. The number of hydrogen-bond acceptors (Lipinski definition) is 3. The molecule has 2 fully saturated rings. The summed E-state index contributed by atoms with van der Waals surface area (Å²) in [5.74, 6) is 0.255. The van der Waals surface area contributed by atoms with Crippen molar-refractivity contribution >= 4 is 23.2 Å². The highest BCUT2D eigenvalue weighted by molar-refractivity contribution is 7.07. The van der Waals surface area contributed by atoms with E-state index in [1.54, 1.807) is 11.3 Å². The van der Waals surface area contributed by atoms with Crippen LogP contribution in [0.1, 0.15) is 31.2 Å². The van der Waals surface area contributed by atoms with Gasteiger partial charge in [-0.2, -0.15) is 11.3 Å². The molecule has 0 radical (unpaired) electrons. The first kappa shape index (κ1) is 12.7. The average Bonchev–Trinajstić information content (AvgIpc) is 3.13. The summed E-state index contributed by atoms with van der Waals surface area (Å²) in [7, 11) is 0. The van der Waals surface area contributed by atoms with Crippen LogP contribution in [0, 0.1) is 5.92 Å². The number of piperidine rings is 1. The van der Waals surface area contributed by atoms with Crippen molar-refractivity contribution in [3.8, 4) is 0 Å². The maximum absolute atomic E-state index is 12.6. The van der Waals surface area contributed by atoms with Crippen LogP contribution in [0.4, 0.5) is 0 Å². The molecule has 5 heteroatoms. The standard InChI is InChI=1S/C14H18N2O2S/c17-13-4-1-11(7-15-13)14(18)16(12-2-3-12)8-10-5-6-19-9-10/h5-6,9,11-12H,1-4,7-8H2,(H,15,17). The minimum absolute atomic E-state index is 0.0306. The smallest absolute Gasteiger partial charge is 0.228 e. The number of nitrogens with one attached hydrogen (secondary N) is 1. The first-order valence-corrected chi connectivity index (χ1v) is 7.76. The van der Waals surface area contributed by atoms with E-state index in [4.69, 9.17) is 0 Å². The molecule has 1 saturated carbocycles. The fourth-order valence-corrected chi connectivity index (χ4v) is 3.19. The van der Waals surface area contributed by atoms with Crippen LogP contribution < -0.4 is 5.32 Å². The van der Waals surface area contributed by atoms with Gasteiger partial charge in [0.25, 0.3) is 0 Å². The van der Waals surface area contributed by atoms with Gasteiger partial charge in [0.2, 0.25) is 11.8 Å². The van der Waals surface area contributed by atoms with E-state index in [1.165, 1.54) is 5.56 Å². The average molecular weight is 278 g/mol. The van der Waals surface area contributed by atoms with Crippen LogP contribution in [0.5, 0.6) is 0 Å². The van der Waals surface area contributed by atoms with Crippen molar-refractivity contribution in [3.63, 3.8) is 0 Å². The lowest BCUT2D eigenvalue weighted by Crippen LogP contribution is -2.45. The van der Waals surface area contributed by atoms with E-state index in [1.807, 2.05) is 10.3 Å². The third-order valence-corrected chi connectivity index (χ3v) is 4.55. The summed E-state index contributed by atoms with van der Waals surface area (Å²) >= 11 is 1.67. The van der Waals surface area contributed by atoms with Crippen LogP contribution in [-0.4, -0.2) is 29.3 Å². The van der Waals surface area contributed by atoms with Crippen LogP contribution in [0.25, 0.3) is 0 Å². The second-order valence-corrected chi connectivity index (χ2v) is 6.15. The maximum Gasteiger partial charge on any atom is 0.228 e. The summed E-state index contributed by atoms with van der Waals surface area (Å²) in [6, 6.07) is 2.50. The fourth-order valence-electron chi connectivity index (χ4n) is 2.53. The van der Waals surface area contributed by atoms with E-state index >= 15 is 0 Å². The number of carbonyl (C=O) groups is 2. The minimum Gasteiger partial charge on any atom is -0.355 e. The molecule has 1 aliphatic carbocycles. The van der Waals surface area contributed by atoms with Crippen molar-refractivity contribution in [2.75, 3.05) is 6.54 Å². The molecule has 0 bridgehead atoms. The lowest BCUT2D eigenvalue weighted by atomic mass is 9.97. The predicted octanol–water partition coefficient (Wildman–Crippen LogP) is 1.77. The van der Waals surface area contributed by atoms with Gasteiger partial charge in [0, 0.05) is 25.6 Å². The molecule has 2 amide bonds. The highest BCUT2D eigenvalue weighted by Crippen LogP contribution is 2.31. The van der Waals surface area contributed by atoms with Gasteiger partial charge in [-0.15, -0.1) is 0 Å². The van der Waals surface area contributed by atoms with Gasteiger partial charge in [0.05, 0.1) is 5.92 Å². The van der Waals surface area contributed by atoms with Crippen molar-refractivity contribution < 1.29 is 9.59 Å². The van der Waals surface area contributed by atoms with Crippen LogP contribution in [0.15, 0.2) is 16.8 Å². The predicted molar refractivity (Wildman–Crippen MR) is 73.6 cm³/mol. The van der Waals surface area contributed by atoms with Gasteiger partial charge in [-0.25, -0.2) is 0 Å². The first-order valence-electron chi connectivity index (χ1n) is 6.82. The quantitative estimate of drug-likeness (QED) is 0.912. The monoisotopic (exact) mass is 278 g/mol. The van der Waals surface area contributed by atoms with E-state index in [0.717, 1.165) is 19.4 Å². The van der Waals surface area contributed by atoms with Gasteiger partial charge < -0.3 is 10.2 Å². The second kappa shape index (κ2) is 5.33. The molecule has 4 nitrogen and oxygen atoms in total. The Morgan fingerprint density at radius 3 is 2.84 bits per heavy atom. The molecule has 1 unspecified atom stereocenters. The SMILES string of the molecule is O=C1CCC(C(=O)N(Cc2ccsc2)C2CC2)CN1. The number of nitrogens with zero attached hydrogens (tertiary/aromatic N) is 1. The molecule has 1 saturated heterocycles. The Hall–Kier alpha value is -1.36. The lowest BCUT2D eigenvalue weighted by molar-refractivity contribution is -0.138. The third-order valence-electron chi connectivity index (χ3n) is 3.82. The second-order valence-electron chi connectivity index (χ2n) is 5.37. The number of thiophene rings is 1. The highest BCUT2D eigenvalue weighted by Gasteiger charge is 2.36. The fraction of sp³-hybridized carbons (Fsp3) is 0.571. The van der Waals surface area contributed by atoms with Crippen molar-refractivity contribution in [1.29, 1.82) is 0 Å². The largest absolute Gasteiger partial charge is 0.355 e. The van der Waals surface area contributed by atoms with Crippen molar-refractivity contribution in [2.45, 2.75) is 38.3 Å². The Balaban J connectivity index is 1.66. The Morgan fingerprint density at radius 1 is 1.42 bits per heavy atom. The van der Waals surface area contributed by atoms with Crippen LogP contribution in [0.3, 0.4) is 0 Å². The van der Waals surface area contributed by atoms with Crippen LogP contribution in [-0.2, 0) is 16.1 Å². The lowest BCUT2D eigenvalue weighted by Gasteiger charge is -2.29. The zero-order chi connectivity index (χ0) is 13.2. The molecule has 1 aliphatic heterocycles. The molecule has 0 aromatic carbocycles. The Morgan fingerprint density at radius 2 is 2.26 bits per heavy atom. The van der Waals surface area contributed by atoms with E-state index in [-0.39, 0.29) is 17.7 Å². The molecule has 2 heterocycles. The number of amides is 2. The molecular formula is C14H18N2O2S. The molecule has 1 aromatic rings. The first-order chi connectivity index (χ1) is 9.24. The van der Waals surface area contributed by atoms with Gasteiger partial charge in [-0.1, -0.05) is 0 Å².